The smallest absolute Gasteiger partial charge is 0.269 e. The second-order valence-corrected chi connectivity index (χ2v) is 6.17. The van der Waals surface area contributed by atoms with Gasteiger partial charge in [-0.3, -0.25) is 19.2 Å². The first kappa shape index (κ1) is 14.0. The number of nitrogens with one attached hydrogen (secondary N) is 1. The first-order valence-electron chi connectivity index (χ1n) is 6.12. The second kappa shape index (κ2) is 6.12. The third kappa shape index (κ3) is 3.51. The highest BCUT2D eigenvalue weighted by atomic mass is 32.2. The Labute approximate surface area is 114 Å². The highest BCUT2D eigenvalue weighted by Gasteiger charge is 2.18. The zero-order chi connectivity index (χ0) is 13.8. The minimum absolute atomic E-state index is 0.106. The zero-order valence-corrected chi connectivity index (χ0v) is 11.6. The van der Waals surface area contributed by atoms with Crippen LogP contribution < -0.4 is 5.32 Å². The summed E-state index contributed by atoms with van der Waals surface area (Å²) in [6, 6.07) is 4.84. The number of nitro benzene ring substituents is 1. The summed E-state index contributed by atoms with van der Waals surface area (Å²) in [5.74, 6) is 1.37. The number of non-ortho nitro benzene ring substituents is 1. The molecule has 0 amide bonds. The highest BCUT2D eigenvalue weighted by Crippen LogP contribution is 2.23. The van der Waals surface area contributed by atoms with Gasteiger partial charge in [-0.1, -0.05) is 0 Å². The summed E-state index contributed by atoms with van der Waals surface area (Å²) in [4.78, 5) is 12.6. The quantitative estimate of drug-likeness (QED) is 0.664. The van der Waals surface area contributed by atoms with Crippen LogP contribution in [-0.2, 0) is 17.3 Å². The lowest BCUT2D eigenvalue weighted by molar-refractivity contribution is -0.384. The van der Waals surface area contributed by atoms with E-state index >= 15 is 0 Å². The van der Waals surface area contributed by atoms with Gasteiger partial charge in [0, 0.05) is 66.8 Å². The van der Waals surface area contributed by atoms with E-state index in [4.69, 9.17) is 0 Å². The molecule has 1 fully saturated rings. The molecule has 104 valence electrons. The molecule has 1 N–H and O–H groups in total. The lowest BCUT2D eigenvalue weighted by Gasteiger charge is -2.26. The summed E-state index contributed by atoms with van der Waals surface area (Å²) < 4.78 is 11.3. The van der Waals surface area contributed by atoms with Crippen molar-refractivity contribution < 1.29 is 9.13 Å². The van der Waals surface area contributed by atoms with E-state index < -0.39 is 10.8 Å². The Morgan fingerprint density at radius 3 is 2.68 bits per heavy atom. The van der Waals surface area contributed by atoms with E-state index in [-0.39, 0.29) is 10.6 Å². The van der Waals surface area contributed by atoms with Crippen molar-refractivity contribution in [2.75, 3.05) is 37.0 Å². The number of nitro groups is 1. The van der Waals surface area contributed by atoms with Crippen LogP contribution in [0.25, 0.3) is 0 Å². The van der Waals surface area contributed by atoms with Crippen LogP contribution in [0.15, 0.2) is 18.2 Å². The molecule has 1 aromatic carbocycles. The third-order valence-corrected chi connectivity index (χ3v) is 4.51. The fourth-order valence-electron chi connectivity index (χ4n) is 2.14. The Kier molecular flexibility index (Phi) is 4.49. The SMILES string of the molecule is CNc1ccc([N+](=O)[O-])cc1CN1CCS(=O)CC1. The number of rotatable bonds is 4. The van der Waals surface area contributed by atoms with Gasteiger partial charge in [0.15, 0.2) is 0 Å². The minimum atomic E-state index is -0.703. The fraction of sp³-hybridized carbons (Fsp3) is 0.500. The Morgan fingerprint density at radius 2 is 2.11 bits per heavy atom. The molecule has 0 unspecified atom stereocenters. The predicted molar refractivity (Wildman–Crippen MR) is 75.8 cm³/mol. The van der Waals surface area contributed by atoms with Crippen molar-refractivity contribution in [3.8, 4) is 0 Å². The van der Waals surface area contributed by atoms with Crippen molar-refractivity contribution in [2.24, 2.45) is 0 Å². The number of hydrogen-bond donors (Lipinski definition) is 1. The lowest BCUT2D eigenvalue weighted by Crippen LogP contribution is -2.37. The maximum absolute atomic E-state index is 11.3. The minimum Gasteiger partial charge on any atom is -0.388 e. The molecule has 1 saturated heterocycles. The zero-order valence-electron chi connectivity index (χ0n) is 10.8. The van der Waals surface area contributed by atoms with Crippen LogP contribution in [0.4, 0.5) is 11.4 Å². The van der Waals surface area contributed by atoms with E-state index in [1.54, 1.807) is 19.2 Å². The van der Waals surface area contributed by atoms with Crippen LogP contribution in [-0.4, -0.2) is 45.7 Å². The summed E-state index contributed by atoms with van der Waals surface area (Å²) in [5, 5.41) is 13.9. The van der Waals surface area contributed by atoms with E-state index in [0.29, 0.717) is 18.1 Å². The number of anilines is 1. The van der Waals surface area contributed by atoms with Crippen LogP contribution in [0, 0.1) is 10.1 Å². The lowest BCUT2D eigenvalue weighted by atomic mass is 10.1. The molecule has 1 aliphatic heterocycles. The van der Waals surface area contributed by atoms with Crippen molar-refractivity contribution in [2.45, 2.75) is 6.54 Å². The standard InChI is InChI=1S/C12H17N3O3S/c1-13-12-3-2-11(15(16)17)8-10(12)9-14-4-6-19(18)7-5-14/h2-3,8,13H,4-7,9H2,1H3. The summed E-state index contributed by atoms with van der Waals surface area (Å²) in [6.07, 6.45) is 0. The maximum atomic E-state index is 11.3. The molecule has 0 saturated carbocycles. The van der Waals surface area contributed by atoms with E-state index in [1.165, 1.54) is 6.07 Å². The van der Waals surface area contributed by atoms with Crippen molar-refractivity contribution in [3.63, 3.8) is 0 Å². The van der Waals surface area contributed by atoms with Crippen molar-refractivity contribution in [1.29, 1.82) is 0 Å². The molecular formula is C12H17N3O3S. The number of nitrogens with zero attached hydrogens (tertiary/aromatic N) is 2. The van der Waals surface area contributed by atoms with Gasteiger partial charge >= 0.3 is 0 Å². The Morgan fingerprint density at radius 1 is 1.42 bits per heavy atom. The van der Waals surface area contributed by atoms with Gasteiger partial charge < -0.3 is 5.32 Å². The molecule has 1 aromatic rings. The van der Waals surface area contributed by atoms with Gasteiger partial charge in [0.2, 0.25) is 0 Å². The Hall–Kier alpha value is -1.47. The summed E-state index contributed by atoms with van der Waals surface area (Å²) >= 11 is 0. The van der Waals surface area contributed by atoms with Crippen molar-refractivity contribution in [1.82, 2.24) is 4.90 Å². The second-order valence-electron chi connectivity index (χ2n) is 4.47. The molecule has 0 aromatic heterocycles. The molecule has 0 atom stereocenters. The molecule has 0 spiro atoms. The van der Waals surface area contributed by atoms with Crippen LogP contribution in [0.1, 0.15) is 5.56 Å². The molecule has 6 nitrogen and oxygen atoms in total. The van der Waals surface area contributed by atoms with E-state index in [9.17, 15) is 14.3 Å². The molecule has 1 aliphatic rings. The normalized spacial score (nSPS) is 17.3. The van der Waals surface area contributed by atoms with Crippen LogP contribution >= 0.6 is 0 Å². The van der Waals surface area contributed by atoms with Crippen LogP contribution in [0.3, 0.4) is 0 Å². The van der Waals surface area contributed by atoms with E-state index in [0.717, 1.165) is 24.3 Å². The third-order valence-electron chi connectivity index (χ3n) is 3.23. The largest absolute Gasteiger partial charge is 0.388 e. The van der Waals surface area contributed by atoms with Crippen molar-refractivity contribution in [3.05, 3.63) is 33.9 Å². The Balaban J connectivity index is 2.15. The average molecular weight is 283 g/mol. The summed E-state index contributed by atoms with van der Waals surface area (Å²) in [6.45, 7) is 2.20. The number of hydrogen-bond acceptors (Lipinski definition) is 5. The van der Waals surface area contributed by atoms with Gasteiger partial charge in [0.25, 0.3) is 5.69 Å². The number of benzene rings is 1. The summed E-state index contributed by atoms with van der Waals surface area (Å²) in [7, 11) is 1.10. The van der Waals surface area contributed by atoms with Crippen LogP contribution in [0.5, 0.6) is 0 Å². The predicted octanol–water partition coefficient (Wildman–Crippen LogP) is 1.20. The molecule has 2 rings (SSSR count). The van der Waals surface area contributed by atoms with Gasteiger partial charge in [0.05, 0.1) is 4.92 Å². The molecule has 19 heavy (non-hydrogen) atoms. The van der Waals surface area contributed by atoms with Gasteiger partial charge in [-0.2, -0.15) is 0 Å². The van der Waals surface area contributed by atoms with Crippen LogP contribution in [0.2, 0.25) is 0 Å². The van der Waals surface area contributed by atoms with Gasteiger partial charge in [0.1, 0.15) is 0 Å². The van der Waals surface area contributed by atoms with E-state index in [2.05, 4.69) is 10.2 Å². The Bertz CT molecular complexity index is 497. The molecule has 7 heteroatoms. The van der Waals surface area contributed by atoms with Gasteiger partial charge in [-0.15, -0.1) is 0 Å². The maximum Gasteiger partial charge on any atom is 0.269 e. The van der Waals surface area contributed by atoms with E-state index in [1.807, 2.05) is 0 Å². The topological polar surface area (TPSA) is 75.5 Å². The molecule has 0 bridgehead atoms. The molecule has 0 aliphatic carbocycles. The van der Waals surface area contributed by atoms with Gasteiger partial charge in [-0.05, 0) is 11.6 Å². The summed E-state index contributed by atoms with van der Waals surface area (Å²) in [5.41, 5.74) is 1.91. The first-order chi connectivity index (χ1) is 9.10. The molecular weight excluding hydrogens is 266 g/mol. The average Bonchev–Trinajstić information content (AvgIpc) is 2.41. The molecule has 1 heterocycles. The monoisotopic (exact) mass is 283 g/mol. The van der Waals surface area contributed by atoms with Crippen molar-refractivity contribution >= 4 is 22.2 Å². The first-order valence-corrected chi connectivity index (χ1v) is 7.61. The molecule has 0 radical (unpaired) electrons. The fourth-order valence-corrected chi connectivity index (χ4v) is 3.27. The van der Waals surface area contributed by atoms with Gasteiger partial charge in [-0.25, -0.2) is 0 Å². The highest BCUT2D eigenvalue weighted by molar-refractivity contribution is 7.85.